The van der Waals surface area contributed by atoms with E-state index >= 15 is 0 Å². The number of hydrogen-bond donors (Lipinski definition) is 1. The molecule has 0 aromatic heterocycles. The number of ether oxygens (including phenoxy) is 1. The van der Waals surface area contributed by atoms with Gasteiger partial charge in [0.1, 0.15) is 0 Å². The zero-order valence-electron chi connectivity index (χ0n) is 11.6. The van der Waals surface area contributed by atoms with Gasteiger partial charge in [0.25, 0.3) is 0 Å². The van der Waals surface area contributed by atoms with E-state index in [0.29, 0.717) is 26.0 Å². The van der Waals surface area contributed by atoms with Crippen LogP contribution in [0.3, 0.4) is 0 Å². The average molecular weight is 255 g/mol. The maximum Gasteiger partial charge on any atom is 0.305 e. The highest BCUT2D eigenvalue weighted by Crippen LogP contribution is 2.35. The number of carbonyl (C=O) groups is 2. The molecular weight excluding hydrogens is 230 g/mol. The summed E-state index contributed by atoms with van der Waals surface area (Å²) in [6, 6.07) is 0. The zero-order valence-corrected chi connectivity index (χ0v) is 11.6. The smallest absolute Gasteiger partial charge is 0.305 e. The lowest BCUT2D eigenvalue weighted by atomic mass is 9.75. The molecule has 1 aliphatic carbocycles. The van der Waals surface area contributed by atoms with Crippen LogP contribution in [0.4, 0.5) is 0 Å². The fraction of sp³-hybridized carbons (Fsp3) is 0.857. The first-order valence-electron chi connectivity index (χ1n) is 7.02. The Morgan fingerprint density at radius 3 is 2.50 bits per heavy atom. The Hall–Kier alpha value is -1.06. The van der Waals surface area contributed by atoms with Crippen molar-refractivity contribution < 1.29 is 14.3 Å². The summed E-state index contributed by atoms with van der Waals surface area (Å²) in [4.78, 5) is 23.2. The van der Waals surface area contributed by atoms with E-state index in [1.54, 1.807) is 6.92 Å². The van der Waals surface area contributed by atoms with Crippen LogP contribution >= 0.6 is 0 Å². The SMILES string of the molecule is CCOC(=O)CCCNC(=O)C1(C)CCCCC1. The highest BCUT2D eigenvalue weighted by Gasteiger charge is 2.33. The molecule has 0 aliphatic heterocycles. The second kappa shape index (κ2) is 7.39. The number of esters is 1. The summed E-state index contributed by atoms with van der Waals surface area (Å²) in [5.41, 5.74) is -0.192. The zero-order chi connectivity index (χ0) is 13.4. The molecule has 0 radical (unpaired) electrons. The van der Waals surface area contributed by atoms with E-state index in [1.807, 2.05) is 6.92 Å². The van der Waals surface area contributed by atoms with Crippen molar-refractivity contribution in [3.8, 4) is 0 Å². The predicted molar refractivity (Wildman–Crippen MR) is 70.1 cm³/mol. The average Bonchev–Trinajstić information content (AvgIpc) is 2.35. The Balaban J connectivity index is 2.18. The van der Waals surface area contributed by atoms with Crippen molar-refractivity contribution in [2.45, 2.75) is 58.8 Å². The van der Waals surface area contributed by atoms with Gasteiger partial charge in [-0.15, -0.1) is 0 Å². The van der Waals surface area contributed by atoms with Crippen LogP contribution in [0.1, 0.15) is 58.8 Å². The molecule has 1 rings (SSSR count). The van der Waals surface area contributed by atoms with E-state index in [9.17, 15) is 9.59 Å². The van der Waals surface area contributed by atoms with Crippen LogP contribution in [0.25, 0.3) is 0 Å². The van der Waals surface area contributed by atoms with E-state index in [-0.39, 0.29) is 17.3 Å². The number of hydrogen-bond acceptors (Lipinski definition) is 3. The molecule has 104 valence electrons. The van der Waals surface area contributed by atoms with E-state index in [1.165, 1.54) is 6.42 Å². The molecule has 0 unspecified atom stereocenters. The standard InChI is InChI=1S/C14H25NO3/c1-3-18-12(16)8-7-11-15-13(17)14(2)9-5-4-6-10-14/h3-11H2,1-2H3,(H,15,17). The molecule has 0 saturated heterocycles. The van der Waals surface area contributed by atoms with Crippen LogP contribution in [0.15, 0.2) is 0 Å². The van der Waals surface area contributed by atoms with Gasteiger partial charge in [0, 0.05) is 18.4 Å². The van der Waals surface area contributed by atoms with Gasteiger partial charge in [0.15, 0.2) is 0 Å². The second-order valence-electron chi connectivity index (χ2n) is 5.29. The lowest BCUT2D eigenvalue weighted by Crippen LogP contribution is -2.40. The molecule has 0 spiro atoms. The Bertz CT molecular complexity index is 283. The van der Waals surface area contributed by atoms with Crippen molar-refractivity contribution >= 4 is 11.9 Å². The van der Waals surface area contributed by atoms with Crippen LogP contribution in [0.5, 0.6) is 0 Å². The van der Waals surface area contributed by atoms with Crippen molar-refractivity contribution in [3.05, 3.63) is 0 Å². The first kappa shape index (κ1) is 15.0. The molecule has 0 aromatic rings. The lowest BCUT2D eigenvalue weighted by Gasteiger charge is -2.32. The fourth-order valence-corrected chi connectivity index (χ4v) is 2.44. The van der Waals surface area contributed by atoms with Crippen molar-refractivity contribution in [2.75, 3.05) is 13.2 Å². The van der Waals surface area contributed by atoms with E-state index in [0.717, 1.165) is 25.7 Å². The first-order valence-corrected chi connectivity index (χ1v) is 7.02. The molecule has 1 aliphatic rings. The second-order valence-corrected chi connectivity index (χ2v) is 5.29. The van der Waals surface area contributed by atoms with Crippen LogP contribution in [-0.2, 0) is 14.3 Å². The Kier molecular flexibility index (Phi) is 6.16. The number of carbonyl (C=O) groups excluding carboxylic acids is 2. The maximum atomic E-state index is 12.1. The van der Waals surface area contributed by atoms with Crippen LogP contribution < -0.4 is 5.32 Å². The fourth-order valence-electron chi connectivity index (χ4n) is 2.44. The minimum absolute atomic E-state index is 0.144. The van der Waals surface area contributed by atoms with Gasteiger partial charge in [0.2, 0.25) is 5.91 Å². The van der Waals surface area contributed by atoms with Crippen molar-refractivity contribution in [1.82, 2.24) is 5.32 Å². The van der Waals surface area contributed by atoms with E-state index in [4.69, 9.17) is 4.74 Å². The largest absolute Gasteiger partial charge is 0.466 e. The van der Waals surface area contributed by atoms with E-state index in [2.05, 4.69) is 5.32 Å². The van der Waals surface area contributed by atoms with Crippen molar-refractivity contribution in [1.29, 1.82) is 0 Å². The summed E-state index contributed by atoms with van der Waals surface area (Å²) in [6.45, 7) is 4.83. The molecule has 18 heavy (non-hydrogen) atoms. The summed E-state index contributed by atoms with van der Waals surface area (Å²) in [5, 5.41) is 2.94. The van der Waals surface area contributed by atoms with Crippen molar-refractivity contribution in [2.24, 2.45) is 5.41 Å². The molecule has 0 bridgehead atoms. The highest BCUT2D eigenvalue weighted by atomic mass is 16.5. The van der Waals surface area contributed by atoms with Gasteiger partial charge >= 0.3 is 5.97 Å². The lowest BCUT2D eigenvalue weighted by molar-refractivity contribution is -0.143. The summed E-state index contributed by atoms with van der Waals surface area (Å²) in [7, 11) is 0. The molecule has 1 fully saturated rings. The molecule has 1 saturated carbocycles. The van der Waals surface area contributed by atoms with Gasteiger partial charge in [-0.25, -0.2) is 0 Å². The van der Waals surface area contributed by atoms with Gasteiger partial charge in [-0.05, 0) is 26.2 Å². The molecule has 4 heteroatoms. The minimum Gasteiger partial charge on any atom is -0.466 e. The van der Waals surface area contributed by atoms with Gasteiger partial charge in [-0.2, -0.15) is 0 Å². The highest BCUT2D eigenvalue weighted by molar-refractivity contribution is 5.82. The molecular formula is C14H25NO3. The van der Waals surface area contributed by atoms with Gasteiger partial charge in [-0.1, -0.05) is 26.2 Å². The summed E-state index contributed by atoms with van der Waals surface area (Å²) >= 11 is 0. The van der Waals surface area contributed by atoms with Crippen LogP contribution in [-0.4, -0.2) is 25.0 Å². The maximum absolute atomic E-state index is 12.1. The molecule has 4 nitrogen and oxygen atoms in total. The molecule has 0 heterocycles. The summed E-state index contributed by atoms with van der Waals surface area (Å²) < 4.78 is 4.83. The third-order valence-electron chi connectivity index (χ3n) is 3.65. The number of nitrogens with one attached hydrogen (secondary N) is 1. The Labute approximate surface area is 109 Å². The molecule has 0 atom stereocenters. The Morgan fingerprint density at radius 1 is 1.22 bits per heavy atom. The van der Waals surface area contributed by atoms with Gasteiger partial charge < -0.3 is 10.1 Å². The van der Waals surface area contributed by atoms with Crippen molar-refractivity contribution in [3.63, 3.8) is 0 Å². The van der Waals surface area contributed by atoms with Gasteiger partial charge in [-0.3, -0.25) is 9.59 Å². The minimum atomic E-state index is -0.192. The summed E-state index contributed by atoms with van der Waals surface area (Å²) in [6.07, 6.45) is 6.53. The number of rotatable bonds is 6. The van der Waals surface area contributed by atoms with Crippen LogP contribution in [0.2, 0.25) is 0 Å². The van der Waals surface area contributed by atoms with Gasteiger partial charge in [0.05, 0.1) is 6.61 Å². The molecule has 0 aromatic carbocycles. The third kappa shape index (κ3) is 4.67. The molecule has 1 N–H and O–H groups in total. The topological polar surface area (TPSA) is 55.4 Å². The van der Waals surface area contributed by atoms with E-state index < -0.39 is 0 Å². The Morgan fingerprint density at radius 2 is 1.89 bits per heavy atom. The third-order valence-corrected chi connectivity index (χ3v) is 3.65. The normalized spacial score (nSPS) is 18.1. The summed E-state index contributed by atoms with van der Waals surface area (Å²) in [5.74, 6) is -0.0401. The molecule has 1 amide bonds. The predicted octanol–water partition coefficient (Wildman–Crippen LogP) is 2.42. The monoisotopic (exact) mass is 255 g/mol. The number of amides is 1. The first-order chi connectivity index (χ1) is 8.58. The van der Waals surface area contributed by atoms with Crippen LogP contribution in [0, 0.1) is 5.41 Å². The quantitative estimate of drug-likeness (QED) is 0.586.